The van der Waals surface area contributed by atoms with Gasteiger partial charge < -0.3 is 15.4 Å². The minimum atomic E-state index is -0.391. The summed E-state index contributed by atoms with van der Waals surface area (Å²) in [5, 5.41) is 0. The number of nitrogens with two attached hydrogens (primary N) is 1. The lowest BCUT2D eigenvalue weighted by Crippen LogP contribution is -2.14. The minimum absolute atomic E-state index is 0.290. The summed E-state index contributed by atoms with van der Waals surface area (Å²) in [6, 6.07) is 3.03. The maximum absolute atomic E-state index is 13.6. The Hall–Kier alpha value is -0.940. The van der Waals surface area contributed by atoms with Gasteiger partial charge in [-0.3, -0.25) is 0 Å². The normalized spacial score (nSPS) is 10.9. The van der Waals surface area contributed by atoms with Crippen molar-refractivity contribution in [3.8, 4) is 5.75 Å². The summed E-state index contributed by atoms with van der Waals surface area (Å²) in [6.45, 7) is 3.46. The molecule has 0 spiro atoms. The van der Waals surface area contributed by atoms with Gasteiger partial charge in [0.2, 0.25) is 0 Å². The molecule has 0 aliphatic carbocycles. The first-order valence-corrected chi connectivity index (χ1v) is 7.02. The highest BCUT2D eigenvalue weighted by atomic mass is 32.2. The Morgan fingerprint density at radius 1 is 1.39 bits per heavy atom. The Kier molecular flexibility index (Phi) is 6.29. The number of halogens is 1. The number of rotatable bonds is 7. The van der Waals surface area contributed by atoms with Gasteiger partial charge in [-0.1, -0.05) is 6.92 Å². The van der Waals surface area contributed by atoms with Crippen LogP contribution in [-0.4, -0.2) is 37.9 Å². The lowest BCUT2D eigenvalue weighted by molar-refractivity contribution is 0.300. The van der Waals surface area contributed by atoms with E-state index in [2.05, 4.69) is 4.90 Å². The van der Waals surface area contributed by atoms with Crippen LogP contribution in [0.2, 0.25) is 0 Å². The van der Waals surface area contributed by atoms with E-state index < -0.39 is 5.82 Å². The smallest absolute Gasteiger partial charge is 0.167 e. The Morgan fingerprint density at radius 3 is 2.72 bits per heavy atom. The Morgan fingerprint density at radius 2 is 2.11 bits per heavy atom. The third-order valence-electron chi connectivity index (χ3n) is 2.32. The minimum Gasteiger partial charge on any atom is -0.490 e. The molecule has 0 aliphatic heterocycles. The third-order valence-corrected chi connectivity index (χ3v) is 3.37. The first kappa shape index (κ1) is 15.1. The molecule has 0 aliphatic rings. The maximum atomic E-state index is 13.6. The zero-order valence-corrected chi connectivity index (χ0v) is 12.0. The molecule has 0 saturated carbocycles. The molecule has 1 rings (SSSR count). The van der Waals surface area contributed by atoms with Crippen molar-refractivity contribution in [3.05, 3.63) is 17.9 Å². The van der Waals surface area contributed by atoms with Crippen LogP contribution in [-0.2, 0) is 0 Å². The van der Waals surface area contributed by atoms with E-state index in [1.54, 1.807) is 17.8 Å². The van der Waals surface area contributed by atoms with Crippen molar-refractivity contribution < 1.29 is 9.13 Å². The molecule has 0 fully saturated rings. The van der Waals surface area contributed by atoms with Crippen LogP contribution in [0, 0.1) is 5.82 Å². The third kappa shape index (κ3) is 4.74. The summed E-state index contributed by atoms with van der Waals surface area (Å²) in [5.74, 6) is 0.812. The molecule has 0 bridgehead atoms. The van der Waals surface area contributed by atoms with Crippen molar-refractivity contribution in [2.24, 2.45) is 0 Å². The maximum Gasteiger partial charge on any atom is 0.167 e. The molecular formula is C13H21FN2OS. The monoisotopic (exact) mass is 272 g/mol. The number of benzene rings is 1. The van der Waals surface area contributed by atoms with Gasteiger partial charge in [0.25, 0.3) is 0 Å². The zero-order valence-electron chi connectivity index (χ0n) is 11.2. The second-order valence-corrected chi connectivity index (χ2v) is 5.46. The van der Waals surface area contributed by atoms with Gasteiger partial charge in [-0.15, -0.1) is 11.8 Å². The van der Waals surface area contributed by atoms with E-state index in [-0.39, 0.29) is 0 Å². The molecule has 3 nitrogen and oxygen atoms in total. The van der Waals surface area contributed by atoms with Crippen molar-refractivity contribution in [2.45, 2.75) is 18.2 Å². The van der Waals surface area contributed by atoms with Gasteiger partial charge in [-0.2, -0.15) is 0 Å². The molecular weight excluding hydrogens is 251 g/mol. The van der Waals surface area contributed by atoms with Crippen LogP contribution in [0.25, 0.3) is 0 Å². The molecule has 0 saturated heterocycles. The van der Waals surface area contributed by atoms with Gasteiger partial charge in [0.05, 0.1) is 6.61 Å². The van der Waals surface area contributed by atoms with E-state index in [4.69, 9.17) is 10.5 Å². The SMILES string of the molecule is CCCOc1cc(SCCN(C)C)c(N)cc1F. The fourth-order valence-corrected chi connectivity index (χ4v) is 2.43. The van der Waals surface area contributed by atoms with Crippen LogP contribution < -0.4 is 10.5 Å². The van der Waals surface area contributed by atoms with Gasteiger partial charge >= 0.3 is 0 Å². The molecule has 0 heterocycles. The molecule has 0 amide bonds. The van der Waals surface area contributed by atoms with Crippen molar-refractivity contribution >= 4 is 17.4 Å². The van der Waals surface area contributed by atoms with Gasteiger partial charge in [0.1, 0.15) is 0 Å². The number of hydrogen-bond donors (Lipinski definition) is 1. The summed E-state index contributed by atoms with van der Waals surface area (Å²) in [5.41, 5.74) is 6.28. The lowest BCUT2D eigenvalue weighted by Gasteiger charge is -2.12. The van der Waals surface area contributed by atoms with Crippen LogP contribution in [0.15, 0.2) is 17.0 Å². The van der Waals surface area contributed by atoms with E-state index >= 15 is 0 Å². The molecule has 102 valence electrons. The van der Waals surface area contributed by atoms with Crippen LogP contribution in [0.4, 0.5) is 10.1 Å². The number of nitrogens with zero attached hydrogens (tertiary/aromatic N) is 1. The Bertz CT molecular complexity index is 385. The highest BCUT2D eigenvalue weighted by molar-refractivity contribution is 7.99. The molecule has 1 aromatic rings. The van der Waals surface area contributed by atoms with Crippen molar-refractivity contribution in [2.75, 3.05) is 38.7 Å². The first-order chi connectivity index (χ1) is 8.54. The van der Waals surface area contributed by atoms with Gasteiger partial charge in [-0.25, -0.2) is 4.39 Å². The largest absolute Gasteiger partial charge is 0.490 e. The van der Waals surface area contributed by atoms with Crippen LogP contribution in [0.5, 0.6) is 5.75 Å². The summed E-state index contributed by atoms with van der Waals surface area (Å²) < 4.78 is 18.9. The standard InChI is InChI=1S/C13H21FN2OS/c1-4-6-17-12-9-13(11(15)8-10(12)14)18-7-5-16(2)3/h8-9H,4-7,15H2,1-3H3. The summed E-state index contributed by atoms with van der Waals surface area (Å²) in [7, 11) is 4.04. The van der Waals surface area contributed by atoms with Gasteiger partial charge in [-0.05, 0) is 26.6 Å². The fraction of sp³-hybridized carbons (Fsp3) is 0.538. The number of anilines is 1. The number of thioether (sulfide) groups is 1. The molecule has 5 heteroatoms. The van der Waals surface area contributed by atoms with E-state index in [0.717, 1.165) is 23.6 Å². The predicted octanol–water partition coefficient (Wildman–Crippen LogP) is 2.85. The Labute approximate surface area is 112 Å². The van der Waals surface area contributed by atoms with Gasteiger partial charge in [0.15, 0.2) is 11.6 Å². The van der Waals surface area contributed by atoms with Gasteiger partial charge in [0, 0.05) is 28.9 Å². The number of nitrogen functional groups attached to an aromatic ring is 1. The van der Waals surface area contributed by atoms with E-state index in [1.165, 1.54) is 6.07 Å². The van der Waals surface area contributed by atoms with Crippen LogP contribution >= 0.6 is 11.8 Å². The van der Waals surface area contributed by atoms with Crippen molar-refractivity contribution in [1.29, 1.82) is 0 Å². The van der Waals surface area contributed by atoms with Crippen molar-refractivity contribution in [3.63, 3.8) is 0 Å². The summed E-state index contributed by atoms with van der Waals surface area (Å²) in [4.78, 5) is 2.98. The second-order valence-electron chi connectivity index (χ2n) is 4.32. The highest BCUT2D eigenvalue weighted by Crippen LogP contribution is 2.31. The quantitative estimate of drug-likeness (QED) is 0.612. The topological polar surface area (TPSA) is 38.5 Å². The number of hydrogen-bond acceptors (Lipinski definition) is 4. The molecule has 0 radical (unpaired) electrons. The first-order valence-electron chi connectivity index (χ1n) is 6.04. The van der Waals surface area contributed by atoms with Crippen molar-refractivity contribution in [1.82, 2.24) is 4.90 Å². The lowest BCUT2D eigenvalue weighted by atomic mass is 10.3. The van der Waals surface area contributed by atoms with E-state index in [9.17, 15) is 4.39 Å². The summed E-state index contributed by atoms with van der Waals surface area (Å²) in [6.07, 6.45) is 0.854. The molecule has 1 aromatic carbocycles. The van der Waals surface area contributed by atoms with Crippen LogP contribution in [0.1, 0.15) is 13.3 Å². The molecule has 0 atom stereocenters. The van der Waals surface area contributed by atoms with E-state index in [0.29, 0.717) is 18.0 Å². The molecule has 18 heavy (non-hydrogen) atoms. The Balaban J connectivity index is 2.71. The predicted molar refractivity (Wildman–Crippen MR) is 75.9 cm³/mol. The highest BCUT2D eigenvalue weighted by Gasteiger charge is 2.09. The average molecular weight is 272 g/mol. The van der Waals surface area contributed by atoms with Crippen LogP contribution in [0.3, 0.4) is 0 Å². The molecule has 0 aromatic heterocycles. The average Bonchev–Trinajstić information content (AvgIpc) is 2.30. The van der Waals surface area contributed by atoms with E-state index in [1.807, 2.05) is 21.0 Å². The molecule has 0 unspecified atom stereocenters. The molecule has 2 N–H and O–H groups in total. The zero-order chi connectivity index (χ0) is 13.5. The second kappa shape index (κ2) is 7.48. The number of ether oxygens (including phenoxy) is 1. The summed E-state index contributed by atoms with van der Waals surface area (Å²) >= 11 is 1.62. The fourth-order valence-electron chi connectivity index (χ4n) is 1.34.